The second kappa shape index (κ2) is 4.31. The number of nitrogens with zero attached hydrogens (tertiary/aromatic N) is 2. The molecule has 3 heteroatoms. The highest BCUT2D eigenvalue weighted by Crippen LogP contribution is 2.61. The van der Waals surface area contributed by atoms with E-state index in [1.54, 1.807) is 0 Å². The normalized spacial score (nSPS) is 32.2. The molecule has 0 spiro atoms. The summed E-state index contributed by atoms with van der Waals surface area (Å²) < 4.78 is 5.79. The highest BCUT2D eigenvalue weighted by molar-refractivity contribution is 5.93. The largest absolute Gasteiger partial charge is 0.474 e. The van der Waals surface area contributed by atoms with Gasteiger partial charge in [-0.25, -0.2) is 9.98 Å². The minimum Gasteiger partial charge on any atom is -0.474 e. The molecule has 1 saturated carbocycles. The first-order valence-corrected chi connectivity index (χ1v) is 8.17. The van der Waals surface area contributed by atoms with Gasteiger partial charge in [0.2, 0.25) is 5.90 Å². The van der Waals surface area contributed by atoms with Crippen LogP contribution in [-0.2, 0) is 11.2 Å². The summed E-state index contributed by atoms with van der Waals surface area (Å²) in [7, 11) is 0. The Morgan fingerprint density at radius 2 is 2.10 bits per heavy atom. The molecule has 0 amide bonds. The monoisotopic (exact) mass is 284 g/mol. The fourth-order valence-corrected chi connectivity index (χ4v) is 4.06. The molecule has 5 rings (SSSR count). The lowest BCUT2D eigenvalue weighted by Gasteiger charge is -2.56. The molecule has 2 bridgehead atoms. The molecule has 3 atom stereocenters. The zero-order valence-corrected chi connectivity index (χ0v) is 13.4. The summed E-state index contributed by atoms with van der Waals surface area (Å²) >= 11 is 0. The molecule has 1 aromatic heterocycles. The minimum absolute atomic E-state index is 0.280. The molecular weight excluding hydrogens is 260 g/mol. The van der Waals surface area contributed by atoms with Crippen molar-refractivity contribution in [3.63, 3.8) is 0 Å². The van der Waals surface area contributed by atoms with Crippen LogP contribution in [-0.4, -0.2) is 23.5 Å². The Morgan fingerprint density at radius 1 is 1.29 bits per heavy atom. The molecule has 0 unspecified atom stereocenters. The van der Waals surface area contributed by atoms with Gasteiger partial charge in [0.05, 0.1) is 6.04 Å². The molecule has 0 aromatic carbocycles. The molecule has 1 aromatic rings. The van der Waals surface area contributed by atoms with Crippen LogP contribution in [0.15, 0.2) is 17.1 Å². The number of hydrogen-bond acceptors (Lipinski definition) is 3. The van der Waals surface area contributed by atoms with Gasteiger partial charge < -0.3 is 4.74 Å². The topological polar surface area (TPSA) is 34.5 Å². The van der Waals surface area contributed by atoms with Crippen molar-refractivity contribution < 1.29 is 4.74 Å². The SMILES string of the molecule is CC(C)[C@H]1COC(c2ccc3c(n2)[C@@H]2C[C@H](C3)C2(C)C)=N1. The van der Waals surface area contributed by atoms with Gasteiger partial charge in [0, 0.05) is 11.6 Å². The van der Waals surface area contributed by atoms with Crippen LogP contribution < -0.4 is 0 Å². The van der Waals surface area contributed by atoms with Crippen molar-refractivity contribution in [1.82, 2.24) is 4.98 Å². The van der Waals surface area contributed by atoms with Gasteiger partial charge in [0.15, 0.2) is 0 Å². The molecule has 1 aliphatic heterocycles. The lowest BCUT2D eigenvalue weighted by atomic mass is 9.48. The van der Waals surface area contributed by atoms with Crippen molar-refractivity contribution in [3.8, 4) is 0 Å². The number of rotatable bonds is 2. The first-order valence-electron chi connectivity index (χ1n) is 8.17. The van der Waals surface area contributed by atoms with Crippen molar-refractivity contribution >= 4 is 5.90 Å². The van der Waals surface area contributed by atoms with Crippen molar-refractivity contribution in [3.05, 3.63) is 29.1 Å². The summed E-state index contributed by atoms with van der Waals surface area (Å²) in [6, 6.07) is 4.63. The van der Waals surface area contributed by atoms with E-state index in [1.807, 2.05) is 0 Å². The Kier molecular flexibility index (Phi) is 2.73. The summed E-state index contributed by atoms with van der Waals surface area (Å²) in [5.41, 5.74) is 4.09. The van der Waals surface area contributed by atoms with Gasteiger partial charge in [-0.2, -0.15) is 0 Å². The molecule has 0 saturated heterocycles. The number of aliphatic imine (C=N–C) groups is 1. The first kappa shape index (κ1) is 13.3. The predicted octanol–water partition coefficient (Wildman–Crippen LogP) is 3.57. The average Bonchev–Trinajstić information content (AvgIpc) is 2.95. The third-order valence-electron chi connectivity index (χ3n) is 5.94. The van der Waals surface area contributed by atoms with Gasteiger partial charge in [0.1, 0.15) is 12.3 Å². The zero-order chi connectivity index (χ0) is 14.8. The molecule has 21 heavy (non-hydrogen) atoms. The quantitative estimate of drug-likeness (QED) is 0.832. The fraction of sp³-hybridized carbons (Fsp3) is 0.667. The van der Waals surface area contributed by atoms with E-state index in [2.05, 4.69) is 39.8 Å². The predicted molar refractivity (Wildman–Crippen MR) is 83.7 cm³/mol. The molecule has 1 fully saturated rings. The number of ether oxygens (including phenoxy) is 1. The van der Waals surface area contributed by atoms with Gasteiger partial charge >= 0.3 is 0 Å². The van der Waals surface area contributed by atoms with E-state index in [1.165, 1.54) is 24.1 Å². The molecule has 112 valence electrons. The van der Waals surface area contributed by atoms with Gasteiger partial charge in [-0.1, -0.05) is 33.8 Å². The number of pyridine rings is 1. The van der Waals surface area contributed by atoms with Crippen molar-refractivity contribution in [2.45, 2.75) is 52.5 Å². The van der Waals surface area contributed by atoms with E-state index in [0.29, 0.717) is 23.9 Å². The average molecular weight is 284 g/mol. The summed E-state index contributed by atoms with van der Waals surface area (Å²) in [5, 5.41) is 0. The van der Waals surface area contributed by atoms with E-state index in [4.69, 9.17) is 14.7 Å². The highest BCUT2D eigenvalue weighted by atomic mass is 16.5. The van der Waals surface area contributed by atoms with Crippen molar-refractivity contribution in [1.29, 1.82) is 0 Å². The molecule has 3 aliphatic carbocycles. The van der Waals surface area contributed by atoms with Gasteiger partial charge in [-0.15, -0.1) is 0 Å². The van der Waals surface area contributed by atoms with Crippen LogP contribution in [0.5, 0.6) is 0 Å². The number of hydrogen-bond donors (Lipinski definition) is 0. The van der Waals surface area contributed by atoms with Crippen LogP contribution in [0.4, 0.5) is 0 Å². The Hall–Kier alpha value is -1.38. The maximum absolute atomic E-state index is 5.79. The van der Waals surface area contributed by atoms with Crippen LogP contribution in [0.1, 0.15) is 57.0 Å². The molecule has 2 heterocycles. The van der Waals surface area contributed by atoms with Crippen LogP contribution in [0, 0.1) is 17.3 Å². The lowest BCUT2D eigenvalue weighted by Crippen LogP contribution is -2.48. The summed E-state index contributed by atoms with van der Waals surface area (Å²) in [6.45, 7) is 9.86. The Balaban J connectivity index is 1.68. The van der Waals surface area contributed by atoms with Crippen molar-refractivity contribution in [2.75, 3.05) is 6.61 Å². The molecule has 0 N–H and O–H groups in total. The van der Waals surface area contributed by atoms with Crippen molar-refractivity contribution in [2.24, 2.45) is 22.2 Å². The van der Waals surface area contributed by atoms with E-state index < -0.39 is 0 Å². The van der Waals surface area contributed by atoms with Crippen LogP contribution in [0.25, 0.3) is 0 Å². The second-order valence-electron chi connectivity index (χ2n) is 7.81. The van der Waals surface area contributed by atoms with Gasteiger partial charge in [0.25, 0.3) is 0 Å². The molecule has 0 radical (unpaired) electrons. The summed E-state index contributed by atoms with van der Waals surface area (Å²) in [5.74, 6) is 2.73. The maximum Gasteiger partial charge on any atom is 0.235 e. The molecule has 3 nitrogen and oxygen atoms in total. The standard InChI is InChI=1S/C18H24N2O/c1-10(2)15-9-21-17(20-15)14-6-5-11-7-12-8-13(16(11)19-14)18(12,3)4/h5-6,10,12-13,15H,7-9H2,1-4H3/t12-,13-,15+/m0/s1. The van der Waals surface area contributed by atoms with E-state index >= 15 is 0 Å². The van der Waals surface area contributed by atoms with E-state index in [9.17, 15) is 0 Å². The highest BCUT2D eigenvalue weighted by Gasteiger charge is 2.53. The lowest BCUT2D eigenvalue weighted by molar-refractivity contribution is 0.0154. The van der Waals surface area contributed by atoms with Crippen LogP contribution >= 0.6 is 0 Å². The van der Waals surface area contributed by atoms with Gasteiger partial charge in [-0.05, 0) is 41.7 Å². The third-order valence-corrected chi connectivity index (χ3v) is 5.94. The number of aromatic nitrogens is 1. The minimum atomic E-state index is 0.280. The first-order chi connectivity index (χ1) is 9.96. The summed E-state index contributed by atoms with van der Waals surface area (Å²) in [6.07, 6.45) is 2.49. The zero-order valence-electron chi connectivity index (χ0n) is 13.4. The Labute approximate surface area is 126 Å². The Morgan fingerprint density at radius 3 is 2.76 bits per heavy atom. The third kappa shape index (κ3) is 1.86. The van der Waals surface area contributed by atoms with Gasteiger partial charge in [-0.3, -0.25) is 0 Å². The fourth-order valence-electron chi connectivity index (χ4n) is 4.06. The maximum atomic E-state index is 5.79. The van der Waals surface area contributed by atoms with E-state index in [-0.39, 0.29) is 6.04 Å². The summed E-state index contributed by atoms with van der Waals surface area (Å²) in [4.78, 5) is 9.66. The second-order valence-corrected chi connectivity index (χ2v) is 7.81. The molecule has 4 aliphatic rings. The van der Waals surface area contributed by atoms with Crippen LogP contribution in [0.2, 0.25) is 0 Å². The molecular formula is C18H24N2O. The smallest absolute Gasteiger partial charge is 0.235 e. The Bertz CT molecular complexity index is 618. The van der Waals surface area contributed by atoms with Crippen LogP contribution in [0.3, 0.4) is 0 Å². The van der Waals surface area contributed by atoms with E-state index in [0.717, 1.165) is 17.5 Å².